The third-order valence-electron chi connectivity index (χ3n) is 4.94. The Bertz CT molecular complexity index is 731. The summed E-state index contributed by atoms with van der Waals surface area (Å²) in [5.74, 6) is 0.0125. The quantitative estimate of drug-likeness (QED) is 0.937. The highest BCUT2D eigenvalue weighted by Gasteiger charge is 2.27. The first-order valence-electron chi connectivity index (χ1n) is 8.56. The van der Waals surface area contributed by atoms with Crippen LogP contribution in [0.2, 0.25) is 0 Å². The van der Waals surface area contributed by atoms with Crippen LogP contribution < -0.4 is 5.32 Å². The Morgan fingerprint density at radius 3 is 2.88 bits per heavy atom. The summed E-state index contributed by atoms with van der Waals surface area (Å²) in [6.07, 6.45) is 5.22. The number of aromatic nitrogens is 3. The SMILES string of the molecule is CCn1c(C)cc(C(=O)N[C@@H]2CCO[C@H](c3cncn3C)C2)c1C. The molecule has 1 amide bonds. The van der Waals surface area contributed by atoms with E-state index in [2.05, 4.69) is 21.8 Å². The van der Waals surface area contributed by atoms with Crippen molar-refractivity contribution in [1.82, 2.24) is 19.4 Å². The predicted molar refractivity (Wildman–Crippen MR) is 92.0 cm³/mol. The van der Waals surface area contributed by atoms with E-state index in [1.54, 1.807) is 6.33 Å². The molecule has 1 aliphatic rings. The number of hydrogen-bond donors (Lipinski definition) is 1. The van der Waals surface area contributed by atoms with Crippen LogP contribution in [0.5, 0.6) is 0 Å². The van der Waals surface area contributed by atoms with Crippen molar-refractivity contribution in [1.29, 1.82) is 0 Å². The van der Waals surface area contributed by atoms with Gasteiger partial charge in [0.15, 0.2) is 0 Å². The van der Waals surface area contributed by atoms with Gasteiger partial charge in [-0.05, 0) is 39.7 Å². The second kappa shape index (κ2) is 6.81. The van der Waals surface area contributed by atoms with E-state index in [0.717, 1.165) is 42.0 Å². The Hall–Kier alpha value is -2.08. The molecule has 0 radical (unpaired) electrons. The number of aryl methyl sites for hydroxylation is 2. The van der Waals surface area contributed by atoms with Gasteiger partial charge in [0.1, 0.15) is 6.10 Å². The number of carbonyl (C=O) groups is 1. The average Bonchev–Trinajstić information content (AvgIpc) is 3.10. The van der Waals surface area contributed by atoms with E-state index in [9.17, 15) is 4.79 Å². The number of nitrogens with one attached hydrogen (secondary N) is 1. The van der Waals surface area contributed by atoms with Crippen molar-refractivity contribution in [3.63, 3.8) is 0 Å². The lowest BCUT2D eigenvalue weighted by Gasteiger charge is -2.30. The first kappa shape index (κ1) is 16.8. The molecule has 0 aromatic carbocycles. The molecule has 0 bridgehead atoms. The van der Waals surface area contributed by atoms with Gasteiger partial charge in [-0.3, -0.25) is 4.79 Å². The summed E-state index contributed by atoms with van der Waals surface area (Å²) in [6.45, 7) is 7.67. The Labute approximate surface area is 142 Å². The van der Waals surface area contributed by atoms with E-state index >= 15 is 0 Å². The second-order valence-electron chi connectivity index (χ2n) is 6.51. The third kappa shape index (κ3) is 3.11. The highest BCUT2D eigenvalue weighted by molar-refractivity contribution is 5.95. The number of ether oxygens (including phenoxy) is 1. The maximum absolute atomic E-state index is 12.7. The molecule has 24 heavy (non-hydrogen) atoms. The van der Waals surface area contributed by atoms with Crippen molar-refractivity contribution in [2.45, 2.75) is 52.3 Å². The summed E-state index contributed by atoms with van der Waals surface area (Å²) in [6, 6.07) is 2.10. The standard InChI is InChI=1S/C18H26N4O2/c1-5-22-12(2)8-15(13(22)3)18(23)20-14-6-7-24-17(9-14)16-10-19-11-21(16)4/h8,10-11,14,17H,5-7,9H2,1-4H3,(H,20,23)/t14-,17+/m1/s1. The first-order valence-corrected chi connectivity index (χ1v) is 8.56. The number of hydrogen-bond acceptors (Lipinski definition) is 3. The van der Waals surface area contributed by atoms with Crippen LogP contribution in [0.4, 0.5) is 0 Å². The van der Waals surface area contributed by atoms with E-state index in [4.69, 9.17) is 4.74 Å². The van der Waals surface area contributed by atoms with Gasteiger partial charge >= 0.3 is 0 Å². The van der Waals surface area contributed by atoms with Crippen LogP contribution in [0.25, 0.3) is 0 Å². The van der Waals surface area contributed by atoms with Crippen LogP contribution in [0.15, 0.2) is 18.6 Å². The average molecular weight is 330 g/mol. The van der Waals surface area contributed by atoms with Crippen LogP contribution in [0, 0.1) is 13.8 Å². The van der Waals surface area contributed by atoms with Gasteiger partial charge in [-0.15, -0.1) is 0 Å². The van der Waals surface area contributed by atoms with Crippen molar-refractivity contribution in [3.05, 3.63) is 41.2 Å². The van der Waals surface area contributed by atoms with E-state index in [0.29, 0.717) is 6.61 Å². The maximum atomic E-state index is 12.7. The molecule has 1 fully saturated rings. The molecule has 2 aromatic heterocycles. The smallest absolute Gasteiger partial charge is 0.253 e. The highest BCUT2D eigenvalue weighted by Crippen LogP contribution is 2.28. The molecule has 0 aliphatic carbocycles. The molecule has 3 rings (SSSR count). The fraction of sp³-hybridized carbons (Fsp3) is 0.556. The van der Waals surface area contributed by atoms with Crippen LogP contribution >= 0.6 is 0 Å². The minimum Gasteiger partial charge on any atom is -0.372 e. The third-order valence-corrected chi connectivity index (χ3v) is 4.94. The normalized spacial score (nSPS) is 21.0. The summed E-state index contributed by atoms with van der Waals surface area (Å²) in [7, 11) is 1.97. The zero-order valence-electron chi connectivity index (χ0n) is 14.9. The Morgan fingerprint density at radius 2 is 2.25 bits per heavy atom. The lowest BCUT2D eigenvalue weighted by Crippen LogP contribution is -2.40. The van der Waals surface area contributed by atoms with Crippen molar-refractivity contribution >= 4 is 5.91 Å². The molecule has 6 heteroatoms. The van der Waals surface area contributed by atoms with Gasteiger partial charge in [-0.1, -0.05) is 0 Å². The summed E-state index contributed by atoms with van der Waals surface area (Å²) < 4.78 is 10.0. The topological polar surface area (TPSA) is 61.1 Å². The highest BCUT2D eigenvalue weighted by atomic mass is 16.5. The van der Waals surface area contributed by atoms with Gasteiger partial charge in [0.25, 0.3) is 5.91 Å². The van der Waals surface area contributed by atoms with Gasteiger partial charge in [0.05, 0.1) is 23.8 Å². The number of rotatable bonds is 4. The molecule has 6 nitrogen and oxygen atoms in total. The van der Waals surface area contributed by atoms with E-state index in [1.807, 2.05) is 37.7 Å². The molecule has 2 aromatic rings. The van der Waals surface area contributed by atoms with Crippen molar-refractivity contribution < 1.29 is 9.53 Å². The monoisotopic (exact) mass is 330 g/mol. The summed E-state index contributed by atoms with van der Waals surface area (Å²) in [4.78, 5) is 16.8. The van der Waals surface area contributed by atoms with E-state index in [-0.39, 0.29) is 18.1 Å². The van der Waals surface area contributed by atoms with Crippen molar-refractivity contribution in [2.24, 2.45) is 7.05 Å². The van der Waals surface area contributed by atoms with Gasteiger partial charge in [0.2, 0.25) is 0 Å². The van der Waals surface area contributed by atoms with Gasteiger partial charge < -0.3 is 19.2 Å². The molecule has 0 saturated carbocycles. The van der Waals surface area contributed by atoms with Crippen LogP contribution in [-0.2, 0) is 18.3 Å². The lowest BCUT2D eigenvalue weighted by molar-refractivity contribution is -0.00302. The molecular weight excluding hydrogens is 304 g/mol. The number of nitrogens with zero attached hydrogens (tertiary/aromatic N) is 3. The molecular formula is C18H26N4O2. The molecule has 130 valence electrons. The molecule has 0 spiro atoms. The first-order chi connectivity index (χ1) is 11.5. The maximum Gasteiger partial charge on any atom is 0.253 e. The van der Waals surface area contributed by atoms with Crippen LogP contribution in [-0.4, -0.2) is 32.7 Å². The molecule has 1 aliphatic heterocycles. The molecule has 1 saturated heterocycles. The molecule has 3 heterocycles. The minimum atomic E-state index is -0.0142. The van der Waals surface area contributed by atoms with Crippen molar-refractivity contribution in [2.75, 3.05) is 6.61 Å². The van der Waals surface area contributed by atoms with Gasteiger partial charge in [-0.25, -0.2) is 4.98 Å². The van der Waals surface area contributed by atoms with Crippen LogP contribution in [0.3, 0.4) is 0 Å². The Balaban J connectivity index is 1.69. The molecule has 1 N–H and O–H groups in total. The summed E-state index contributed by atoms with van der Waals surface area (Å²) in [5.41, 5.74) is 3.98. The second-order valence-corrected chi connectivity index (χ2v) is 6.51. The largest absolute Gasteiger partial charge is 0.372 e. The summed E-state index contributed by atoms with van der Waals surface area (Å²) >= 11 is 0. The zero-order valence-corrected chi connectivity index (χ0v) is 14.9. The number of imidazole rings is 1. The molecule has 0 unspecified atom stereocenters. The van der Waals surface area contributed by atoms with Crippen molar-refractivity contribution in [3.8, 4) is 0 Å². The number of amides is 1. The fourth-order valence-electron chi connectivity index (χ4n) is 3.59. The number of carbonyl (C=O) groups excluding carboxylic acids is 1. The van der Waals surface area contributed by atoms with E-state index in [1.165, 1.54) is 0 Å². The Morgan fingerprint density at radius 1 is 1.46 bits per heavy atom. The zero-order chi connectivity index (χ0) is 17.3. The lowest BCUT2D eigenvalue weighted by atomic mass is 10.0. The fourth-order valence-corrected chi connectivity index (χ4v) is 3.59. The van der Waals surface area contributed by atoms with E-state index < -0.39 is 0 Å². The van der Waals surface area contributed by atoms with Crippen LogP contribution in [0.1, 0.15) is 53.3 Å². The predicted octanol–water partition coefficient (Wildman–Crippen LogP) is 2.51. The van der Waals surface area contributed by atoms with Gasteiger partial charge in [-0.2, -0.15) is 0 Å². The Kier molecular flexibility index (Phi) is 4.76. The summed E-state index contributed by atoms with van der Waals surface area (Å²) in [5, 5.41) is 3.19. The van der Waals surface area contributed by atoms with Gasteiger partial charge in [0, 0.05) is 37.6 Å². The molecule has 2 atom stereocenters. The minimum absolute atomic E-state index is 0.0125.